The molecule has 1 aromatic heterocycles. The lowest BCUT2D eigenvalue weighted by Gasteiger charge is -2.06. The van der Waals surface area contributed by atoms with Gasteiger partial charge in [0.05, 0.1) is 21.1 Å². The van der Waals surface area contributed by atoms with Crippen molar-refractivity contribution in [1.29, 1.82) is 0 Å². The third-order valence-corrected chi connectivity index (χ3v) is 3.52. The number of hydrogen-bond donors (Lipinski definition) is 3. The first-order chi connectivity index (χ1) is 9.88. The van der Waals surface area contributed by atoms with Crippen molar-refractivity contribution in [3.63, 3.8) is 0 Å². The molecule has 0 radical (unpaired) electrons. The van der Waals surface area contributed by atoms with Crippen LogP contribution in [0, 0.1) is 10.1 Å². The molecule has 2 aromatic rings. The van der Waals surface area contributed by atoms with Crippen LogP contribution >= 0.6 is 11.3 Å². The zero-order valence-electron chi connectivity index (χ0n) is 10.3. The highest BCUT2D eigenvalue weighted by atomic mass is 32.1. The van der Waals surface area contributed by atoms with Crippen molar-refractivity contribution in [1.82, 2.24) is 0 Å². The average molecular weight is 308 g/mol. The van der Waals surface area contributed by atoms with Gasteiger partial charge in [-0.05, 0) is 24.3 Å². The Kier molecular flexibility index (Phi) is 3.85. The van der Waals surface area contributed by atoms with E-state index in [1.807, 2.05) is 0 Å². The first-order valence-electron chi connectivity index (χ1n) is 5.50. The standard InChI is InChI=1S/C12H8N2O6S/c15-8-2-1-6(12(17)18)5-7(8)13-11(16)9-3-4-10(21-9)14(19)20/h1-5,15H,(H,13,16)(H,17,18). The molecule has 21 heavy (non-hydrogen) atoms. The molecule has 0 spiro atoms. The number of aromatic hydroxyl groups is 1. The predicted octanol–water partition coefficient (Wildman–Crippen LogP) is 2.31. The number of hydrogen-bond acceptors (Lipinski definition) is 6. The zero-order chi connectivity index (χ0) is 15.6. The summed E-state index contributed by atoms with van der Waals surface area (Å²) in [6, 6.07) is 5.88. The highest BCUT2D eigenvalue weighted by Crippen LogP contribution is 2.28. The van der Waals surface area contributed by atoms with Crippen LogP contribution in [0.2, 0.25) is 0 Å². The van der Waals surface area contributed by atoms with Crippen LogP contribution in [0.25, 0.3) is 0 Å². The number of thiophene rings is 1. The number of carbonyl (C=O) groups excluding carboxylic acids is 1. The first kappa shape index (κ1) is 14.5. The molecule has 108 valence electrons. The second kappa shape index (κ2) is 5.59. The summed E-state index contributed by atoms with van der Waals surface area (Å²) in [4.78, 5) is 32.7. The van der Waals surface area contributed by atoms with Gasteiger partial charge in [0.25, 0.3) is 5.91 Å². The van der Waals surface area contributed by atoms with E-state index in [0.717, 1.165) is 12.1 Å². The summed E-state index contributed by atoms with van der Waals surface area (Å²) in [5, 5.41) is 31.1. The number of nitro groups is 1. The van der Waals surface area contributed by atoms with E-state index in [0.29, 0.717) is 11.3 Å². The topological polar surface area (TPSA) is 130 Å². The smallest absolute Gasteiger partial charge is 0.335 e. The van der Waals surface area contributed by atoms with Gasteiger partial charge in [-0.1, -0.05) is 11.3 Å². The van der Waals surface area contributed by atoms with Gasteiger partial charge in [-0.15, -0.1) is 0 Å². The number of nitrogens with one attached hydrogen (secondary N) is 1. The molecular weight excluding hydrogens is 300 g/mol. The second-order valence-corrected chi connectivity index (χ2v) is 4.95. The number of carbonyl (C=O) groups is 2. The molecule has 0 saturated heterocycles. The van der Waals surface area contributed by atoms with Crippen molar-refractivity contribution in [2.75, 3.05) is 5.32 Å². The normalized spacial score (nSPS) is 10.1. The van der Waals surface area contributed by atoms with Gasteiger partial charge in [-0.25, -0.2) is 4.79 Å². The fraction of sp³-hybridized carbons (Fsp3) is 0. The summed E-state index contributed by atoms with van der Waals surface area (Å²) in [5.41, 5.74) is -0.198. The minimum Gasteiger partial charge on any atom is -0.506 e. The molecule has 0 fully saturated rings. The molecule has 0 aliphatic rings. The number of rotatable bonds is 4. The number of carboxylic acid groups (broad SMARTS) is 1. The Labute approximate surface area is 121 Å². The Hall–Kier alpha value is -2.94. The molecule has 2 rings (SSSR count). The highest BCUT2D eigenvalue weighted by Gasteiger charge is 2.17. The summed E-state index contributed by atoms with van der Waals surface area (Å²) >= 11 is 0.676. The Morgan fingerprint density at radius 1 is 1.24 bits per heavy atom. The lowest BCUT2D eigenvalue weighted by molar-refractivity contribution is -0.380. The molecule has 0 aliphatic heterocycles. The van der Waals surface area contributed by atoms with Crippen LogP contribution < -0.4 is 5.32 Å². The number of carboxylic acids is 1. The van der Waals surface area contributed by atoms with E-state index in [1.54, 1.807) is 0 Å². The van der Waals surface area contributed by atoms with E-state index in [1.165, 1.54) is 18.2 Å². The van der Waals surface area contributed by atoms with Crippen LogP contribution in [0.5, 0.6) is 5.75 Å². The van der Waals surface area contributed by atoms with Crippen molar-refractivity contribution in [3.05, 3.63) is 50.9 Å². The maximum Gasteiger partial charge on any atom is 0.335 e. The third kappa shape index (κ3) is 3.15. The van der Waals surface area contributed by atoms with Crippen LogP contribution in [0.1, 0.15) is 20.0 Å². The molecule has 3 N–H and O–H groups in total. The van der Waals surface area contributed by atoms with Gasteiger partial charge in [-0.2, -0.15) is 0 Å². The number of benzene rings is 1. The third-order valence-electron chi connectivity index (χ3n) is 2.49. The van der Waals surface area contributed by atoms with Gasteiger partial charge in [0.15, 0.2) is 0 Å². The zero-order valence-corrected chi connectivity index (χ0v) is 11.1. The van der Waals surface area contributed by atoms with Crippen LogP contribution in [-0.4, -0.2) is 27.0 Å². The monoisotopic (exact) mass is 308 g/mol. The average Bonchev–Trinajstić information content (AvgIpc) is 2.90. The van der Waals surface area contributed by atoms with Gasteiger partial charge in [-0.3, -0.25) is 14.9 Å². The van der Waals surface area contributed by atoms with Crippen LogP contribution in [0.15, 0.2) is 30.3 Å². The molecule has 0 aliphatic carbocycles. The molecule has 0 atom stereocenters. The number of aromatic carboxylic acids is 1. The molecule has 1 amide bonds. The molecule has 0 saturated carbocycles. The van der Waals surface area contributed by atoms with E-state index >= 15 is 0 Å². The fourth-order valence-corrected chi connectivity index (χ4v) is 2.22. The number of nitrogens with zero attached hydrogens (tertiary/aromatic N) is 1. The summed E-state index contributed by atoms with van der Waals surface area (Å²) in [6.45, 7) is 0. The predicted molar refractivity (Wildman–Crippen MR) is 74.0 cm³/mol. The lowest BCUT2D eigenvalue weighted by atomic mass is 10.2. The Bertz CT molecular complexity index is 739. The summed E-state index contributed by atoms with van der Waals surface area (Å²) < 4.78 is 0. The van der Waals surface area contributed by atoms with E-state index in [2.05, 4.69) is 5.32 Å². The number of amides is 1. The molecule has 0 bridgehead atoms. The minimum absolute atomic E-state index is 0.0711. The van der Waals surface area contributed by atoms with E-state index in [9.17, 15) is 24.8 Å². The quantitative estimate of drug-likeness (QED) is 0.451. The van der Waals surface area contributed by atoms with E-state index < -0.39 is 16.8 Å². The van der Waals surface area contributed by atoms with Crippen LogP contribution in [0.4, 0.5) is 10.7 Å². The summed E-state index contributed by atoms with van der Waals surface area (Å²) in [7, 11) is 0. The largest absolute Gasteiger partial charge is 0.506 e. The second-order valence-electron chi connectivity index (χ2n) is 3.89. The van der Waals surface area contributed by atoms with Gasteiger partial charge in [0.1, 0.15) is 5.75 Å². The number of anilines is 1. The van der Waals surface area contributed by atoms with E-state index in [-0.39, 0.29) is 26.9 Å². The SMILES string of the molecule is O=C(O)c1ccc(O)c(NC(=O)c2ccc([N+](=O)[O-])s2)c1. The first-order valence-corrected chi connectivity index (χ1v) is 6.32. The molecule has 1 aromatic carbocycles. The van der Waals surface area contributed by atoms with Crippen molar-refractivity contribution in [2.45, 2.75) is 0 Å². The molecule has 1 heterocycles. The fourth-order valence-electron chi connectivity index (χ4n) is 1.50. The molecule has 0 unspecified atom stereocenters. The van der Waals surface area contributed by atoms with Gasteiger partial charge >= 0.3 is 11.0 Å². The Morgan fingerprint density at radius 2 is 1.95 bits per heavy atom. The number of phenolic OH excluding ortho intramolecular Hbond substituents is 1. The summed E-state index contributed by atoms with van der Waals surface area (Å²) in [5.74, 6) is -2.19. The maximum absolute atomic E-state index is 11.9. The maximum atomic E-state index is 11.9. The van der Waals surface area contributed by atoms with Gasteiger partial charge in [0, 0.05) is 6.07 Å². The molecule has 9 heteroatoms. The van der Waals surface area contributed by atoms with Crippen LogP contribution in [-0.2, 0) is 0 Å². The van der Waals surface area contributed by atoms with Crippen molar-refractivity contribution in [2.24, 2.45) is 0 Å². The molecular formula is C12H8N2O6S. The number of phenols is 1. The van der Waals surface area contributed by atoms with Crippen molar-refractivity contribution in [3.8, 4) is 5.75 Å². The Balaban J connectivity index is 2.24. The van der Waals surface area contributed by atoms with Crippen molar-refractivity contribution < 1.29 is 24.7 Å². The summed E-state index contributed by atoms with van der Waals surface area (Å²) in [6.07, 6.45) is 0. The Morgan fingerprint density at radius 3 is 2.52 bits per heavy atom. The van der Waals surface area contributed by atoms with Gasteiger partial charge < -0.3 is 15.5 Å². The van der Waals surface area contributed by atoms with E-state index in [4.69, 9.17) is 5.11 Å². The van der Waals surface area contributed by atoms with Crippen molar-refractivity contribution >= 4 is 33.9 Å². The highest BCUT2D eigenvalue weighted by molar-refractivity contribution is 7.17. The minimum atomic E-state index is -1.21. The van der Waals surface area contributed by atoms with Crippen LogP contribution in [0.3, 0.4) is 0 Å². The molecule has 8 nitrogen and oxygen atoms in total. The lowest BCUT2D eigenvalue weighted by Crippen LogP contribution is -2.11. The van der Waals surface area contributed by atoms with Gasteiger partial charge in [0.2, 0.25) is 0 Å².